The van der Waals surface area contributed by atoms with Crippen LogP contribution in [0.25, 0.3) is 0 Å². The van der Waals surface area contributed by atoms with Gasteiger partial charge in [0.1, 0.15) is 0 Å². The molecular weight excluding hydrogens is 160 g/mol. The van der Waals surface area contributed by atoms with Crippen LogP contribution in [0.4, 0.5) is 0 Å². The van der Waals surface area contributed by atoms with E-state index in [1.807, 2.05) is 0 Å². The number of aliphatic hydroxyl groups excluding tert-OH is 1. The van der Waals surface area contributed by atoms with Gasteiger partial charge in [-0.25, -0.2) is 0 Å². The Morgan fingerprint density at radius 2 is 2.15 bits per heavy atom. The fraction of sp³-hybridized carbons (Fsp3) is 0.833. The normalized spacial score (nSPS) is 26.4. The molecule has 0 amide bonds. The molecule has 0 saturated heterocycles. The predicted molar refractivity (Wildman–Crippen MR) is 54.5 cm³/mol. The van der Waals surface area contributed by atoms with Crippen molar-refractivity contribution in [3.63, 3.8) is 0 Å². The third-order valence-corrected chi connectivity index (χ3v) is 3.26. The van der Waals surface area contributed by atoms with E-state index in [4.69, 9.17) is 0 Å². The zero-order valence-electron chi connectivity index (χ0n) is 8.34. The van der Waals surface area contributed by atoms with Crippen molar-refractivity contribution >= 4 is 0 Å². The van der Waals surface area contributed by atoms with Gasteiger partial charge in [0.2, 0.25) is 0 Å². The molecule has 0 aromatic carbocycles. The molecular formula is C12H20O. The molecule has 0 aromatic rings. The SMILES string of the molecule is OC(CC1CC1)C1=CCCCCC1. The van der Waals surface area contributed by atoms with Crippen molar-refractivity contribution in [1.29, 1.82) is 0 Å². The molecule has 0 radical (unpaired) electrons. The summed E-state index contributed by atoms with van der Waals surface area (Å²) in [7, 11) is 0. The van der Waals surface area contributed by atoms with E-state index >= 15 is 0 Å². The average Bonchev–Trinajstić information content (AvgIpc) is 2.87. The molecule has 2 aliphatic rings. The topological polar surface area (TPSA) is 20.2 Å². The Hall–Kier alpha value is -0.300. The molecule has 13 heavy (non-hydrogen) atoms. The van der Waals surface area contributed by atoms with Crippen molar-refractivity contribution in [2.75, 3.05) is 0 Å². The molecule has 1 saturated carbocycles. The Morgan fingerprint density at radius 1 is 1.31 bits per heavy atom. The van der Waals surface area contributed by atoms with Gasteiger partial charge in [0, 0.05) is 0 Å². The minimum absolute atomic E-state index is 0.106. The highest BCUT2D eigenvalue weighted by Gasteiger charge is 2.26. The van der Waals surface area contributed by atoms with Gasteiger partial charge in [-0.05, 0) is 43.6 Å². The Bertz CT molecular complexity index is 191. The van der Waals surface area contributed by atoms with Gasteiger partial charge in [0.15, 0.2) is 0 Å². The summed E-state index contributed by atoms with van der Waals surface area (Å²) in [6, 6.07) is 0. The fourth-order valence-corrected chi connectivity index (χ4v) is 2.16. The molecule has 2 rings (SSSR count). The first-order chi connectivity index (χ1) is 6.36. The zero-order chi connectivity index (χ0) is 9.10. The highest BCUT2D eigenvalue weighted by atomic mass is 16.3. The molecule has 0 heterocycles. The number of rotatable bonds is 3. The second kappa shape index (κ2) is 4.28. The molecule has 1 fully saturated rings. The minimum Gasteiger partial charge on any atom is -0.389 e. The lowest BCUT2D eigenvalue weighted by atomic mass is 10.00. The van der Waals surface area contributed by atoms with Crippen LogP contribution in [-0.4, -0.2) is 11.2 Å². The molecule has 1 nitrogen and oxygen atoms in total. The number of hydrogen-bond acceptors (Lipinski definition) is 1. The van der Waals surface area contributed by atoms with Crippen molar-refractivity contribution in [3.8, 4) is 0 Å². The lowest BCUT2D eigenvalue weighted by Crippen LogP contribution is -2.10. The van der Waals surface area contributed by atoms with Crippen LogP contribution in [0.1, 0.15) is 51.4 Å². The van der Waals surface area contributed by atoms with Gasteiger partial charge in [0.25, 0.3) is 0 Å². The first kappa shape index (κ1) is 9.26. The van der Waals surface area contributed by atoms with Crippen molar-refractivity contribution in [1.82, 2.24) is 0 Å². The summed E-state index contributed by atoms with van der Waals surface area (Å²) >= 11 is 0. The van der Waals surface area contributed by atoms with Gasteiger partial charge in [-0.1, -0.05) is 25.3 Å². The van der Waals surface area contributed by atoms with E-state index in [2.05, 4.69) is 6.08 Å². The summed E-state index contributed by atoms with van der Waals surface area (Å²) in [6.07, 6.45) is 12.2. The summed E-state index contributed by atoms with van der Waals surface area (Å²) in [5.41, 5.74) is 1.34. The zero-order valence-corrected chi connectivity index (χ0v) is 8.34. The van der Waals surface area contributed by atoms with Gasteiger partial charge in [-0.2, -0.15) is 0 Å². The third-order valence-electron chi connectivity index (χ3n) is 3.26. The largest absolute Gasteiger partial charge is 0.389 e. The lowest BCUT2D eigenvalue weighted by Gasteiger charge is -2.13. The lowest BCUT2D eigenvalue weighted by molar-refractivity contribution is 0.188. The summed E-state index contributed by atoms with van der Waals surface area (Å²) in [4.78, 5) is 0. The summed E-state index contributed by atoms with van der Waals surface area (Å²) in [5, 5.41) is 9.94. The molecule has 1 heteroatoms. The molecule has 2 aliphatic carbocycles. The first-order valence-electron chi connectivity index (χ1n) is 5.73. The van der Waals surface area contributed by atoms with E-state index < -0.39 is 0 Å². The molecule has 1 N–H and O–H groups in total. The number of allylic oxidation sites excluding steroid dienone is 1. The van der Waals surface area contributed by atoms with Crippen LogP contribution in [-0.2, 0) is 0 Å². The summed E-state index contributed by atoms with van der Waals surface area (Å²) in [6.45, 7) is 0. The quantitative estimate of drug-likeness (QED) is 0.662. The molecule has 0 aromatic heterocycles. The van der Waals surface area contributed by atoms with Crippen molar-refractivity contribution in [2.24, 2.45) is 5.92 Å². The Labute approximate surface area is 80.8 Å². The maximum absolute atomic E-state index is 9.94. The summed E-state index contributed by atoms with van der Waals surface area (Å²) in [5.74, 6) is 0.846. The van der Waals surface area contributed by atoms with Crippen LogP contribution in [0, 0.1) is 5.92 Å². The van der Waals surface area contributed by atoms with E-state index in [0.29, 0.717) is 0 Å². The van der Waals surface area contributed by atoms with Crippen LogP contribution in [0.3, 0.4) is 0 Å². The average molecular weight is 180 g/mol. The highest BCUT2D eigenvalue weighted by molar-refractivity contribution is 5.10. The van der Waals surface area contributed by atoms with Crippen molar-refractivity contribution in [2.45, 2.75) is 57.5 Å². The van der Waals surface area contributed by atoms with Gasteiger partial charge >= 0.3 is 0 Å². The highest BCUT2D eigenvalue weighted by Crippen LogP contribution is 2.35. The van der Waals surface area contributed by atoms with Gasteiger partial charge in [-0.15, -0.1) is 0 Å². The maximum Gasteiger partial charge on any atom is 0.0752 e. The van der Waals surface area contributed by atoms with Crippen LogP contribution in [0.2, 0.25) is 0 Å². The van der Waals surface area contributed by atoms with E-state index in [1.54, 1.807) is 0 Å². The van der Waals surface area contributed by atoms with Gasteiger partial charge < -0.3 is 5.11 Å². The van der Waals surface area contributed by atoms with Crippen LogP contribution < -0.4 is 0 Å². The Morgan fingerprint density at radius 3 is 2.92 bits per heavy atom. The maximum atomic E-state index is 9.94. The molecule has 1 unspecified atom stereocenters. The second-order valence-corrected chi connectivity index (χ2v) is 4.57. The third kappa shape index (κ3) is 2.84. The molecule has 1 atom stereocenters. The molecule has 0 aliphatic heterocycles. The monoisotopic (exact) mass is 180 g/mol. The van der Waals surface area contributed by atoms with Crippen molar-refractivity contribution < 1.29 is 5.11 Å². The smallest absolute Gasteiger partial charge is 0.0752 e. The van der Waals surface area contributed by atoms with E-state index in [9.17, 15) is 5.11 Å². The van der Waals surface area contributed by atoms with Crippen LogP contribution >= 0.6 is 0 Å². The predicted octanol–water partition coefficient (Wildman–Crippen LogP) is 3.04. The molecule has 0 bridgehead atoms. The van der Waals surface area contributed by atoms with E-state index in [-0.39, 0.29) is 6.10 Å². The van der Waals surface area contributed by atoms with Crippen LogP contribution in [0.15, 0.2) is 11.6 Å². The Balaban J connectivity index is 1.84. The van der Waals surface area contributed by atoms with Crippen molar-refractivity contribution in [3.05, 3.63) is 11.6 Å². The fourth-order valence-electron chi connectivity index (χ4n) is 2.16. The summed E-state index contributed by atoms with van der Waals surface area (Å²) < 4.78 is 0. The standard InChI is InChI=1S/C12H20O/c13-12(9-10-7-8-10)11-5-3-1-2-4-6-11/h5,10,12-13H,1-4,6-9H2. The number of aliphatic hydroxyl groups is 1. The van der Waals surface area contributed by atoms with E-state index in [0.717, 1.165) is 18.8 Å². The molecule has 0 spiro atoms. The second-order valence-electron chi connectivity index (χ2n) is 4.57. The van der Waals surface area contributed by atoms with Crippen LogP contribution in [0.5, 0.6) is 0 Å². The van der Waals surface area contributed by atoms with Gasteiger partial charge in [-0.3, -0.25) is 0 Å². The first-order valence-corrected chi connectivity index (χ1v) is 5.73. The molecule has 74 valence electrons. The number of hydrogen-bond donors (Lipinski definition) is 1. The Kier molecular flexibility index (Phi) is 3.05. The van der Waals surface area contributed by atoms with E-state index in [1.165, 1.54) is 44.1 Å². The minimum atomic E-state index is -0.106. The van der Waals surface area contributed by atoms with Gasteiger partial charge in [0.05, 0.1) is 6.10 Å².